The van der Waals surface area contributed by atoms with Gasteiger partial charge in [0.05, 0.1) is 11.6 Å². The second-order valence-corrected chi connectivity index (χ2v) is 10.8. The molecule has 0 spiro atoms. The highest BCUT2D eigenvalue weighted by Gasteiger charge is 2.66. The number of amides is 1. The molecule has 1 aliphatic heterocycles. The Hall–Kier alpha value is -1.92. The van der Waals surface area contributed by atoms with E-state index in [1.54, 1.807) is 12.1 Å². The number of nitrogens with zero attached hydrogens (tertiary/aromatic N) is 1. The number of benzene rings is 1. The Bertz CT molecular complexity index is 911. The van der Waals surface area contributed by atoms with Crippen LogP contribution in [-0.4, -0.2) is 57.6 Å². The molecule has 3 aliphatic carbocycles. The lowest BCUT2D eigenvalue weighted by atomic mass is 9.48. The molecule has 4 atom stereocenters. The van der Waals surface area contributed by atoms with Gasteiger partial charge in [-0.15, -0.1) is 0 Å². The smallest absolute Gasteiger partial charge is 0.220 e. The van der Waals surface area contributed by atoms with Gasteiger partial charge < -0.3 is 15.5 Å². The van der Waals surface area contributed by atoms with Gasteiger partial charge in [0.2, 0.25) is 5.91 Å². The molecule has 6 nitrogen and oxygen atoms in total. The van der Waals surface area contributed by atoms with Gasteiger partial charge in [-0.25, -0.2) is 0 Å². The Morgan fingerprint density at radius 1 is 1.32 bits per heavy atom. The minimum Gasteiger partial charge on any atom is -0.508 e. The van der Waals surface area contributed by atoms with Crippen molar-refractivity contribution in [1.29, 1.82) is 0 Å². The van der Waals surface area contributed by atoms with Crippen molar-refractivity contribution in [2.75, 3.05) is 13.1 Å². The molecule has 1 heterocycles. The van der Waals surface area contributed by atoms with Crippen LogP contribution in [0.5, 0.6) is 5.75 Å². The van der Waals surface area contributed by atoms with Crippen LogP contribution in [0.25, 0.3) is 0 Å². The monoisotopic (exact) mass is 426 g/mol. The summed E-state index contributed by atoms with van der Waals surface area (Å²) in [6, 6.07) is 4.71. The lowest BCUT2D eigenvalue weighted by molar-refractivity contribution is -0.178. The molecule has 0 radical (unpaired) electrons. The number of rotatable bonds is 5. The molecule has 3 fully saturated rings. The molecule has 0 aromatic heterocycles. The van der Waals surface area contributed by atoms with Gasteiger partial charge in [0.15, 0.2) is 5.78 Å². The van der Waals surface area contributed by atoms with E-state index in [-0.39, 0.29) is 42.2 Å². The number of Topliss-reactive ketones (excluding diaryl/α,β-unsaturated/α-hetero) is 1. The zero-order valence-corrected chi connectivity index (χ0v) is 18.6. The molecule has 3 N–H and O–H groups in total. The maximum Gasteiger partial charge on any atom is 0.220 e. The van der Waals surface area contributed by atoms with E-state index in [0.717, 1.165) is 24.2 Å². The third kappa shape index (κ3) is 3.39. The first-order chi connectivity index (χ1) is 14.7. The average molecular weight is 427 g/mol. The van der Waals surface area contributed by atoms with Gasteiger partial charge in [-0.05, 0) is 67.3 Å². The summed E-state index contributed by atoms with van der Waals surface area (Å²) < 4.78 is 0. The number of aromatic hydroxyl groups is 1. The van der Waals surface area contributed by atoms with E-state index < -0.39 is 17.1 Å². The van der Waals surface area contributed by atoms with Gasteiger partial charge >= 0.3 is 0 Å². The van der Waals surface area contributed by atoms with Gasteiger partial charge in [0.1, 0.15) is 5.75 Å². The number of carbonyl (C=O) groups is 2. The van der Waals surface area contributed by atoms with E-state index in [1.807, 2.05) is 19.9 Å². The number of carbonyl (C=O) groups excluding carboxylic acids is 2. The Balaban J connectivity index is 1.53. The molecule has 2 saturated carbocycles. The van der Waals surface area contributed by atoms with Gasteiger partial charge in [0, 0.05) is 37.3 Å². The van der Waals surface area contributed by atoms with Crippen molar-refractivity contribution in [3.05, 3.63) is 29.3 Å². The summed E-state index contributed by atoms with van der Waals surface area (Å²) in [6.07, 6.45) is 4.74. The first-order valence-corrected chi connectivity index (χ1v) is 11.8. The Morgan fingerprint density at radius 2 is 2.10 bits per heavy atom. The minimum absolute atomic E-state index is 0.00707. The number of phenolic OH excluding ortho intramolecular Hbond substituents is 1. The van der Waals surface area contributed by atoms with Crippen molar-refractivity contribution in [1.82, 2.24) is 10.2 Å². The van der Waals surface area contributed by atoms with Crippen molar-refractivity contribution >= 4 is 11.7 Å². The molecule has 2 bridgehead atoms. The summed E-state index contributed by atoms with van der Waals surface area (Å²) in [6.45, 7) is 5.82. The highest BCUT2D eigenvalue weighted by molar-refractivity contribution is 5.91. The predicted octanol–water partition coefficient (Wildman–Crippen LogP) is 2.30. The van der Waals surface area contributed by atoms with Crippen LogP contribution in [-0.2, 0) is 21.4 Å². The number of phenols is 1. The number of piperidine rings is 1. The molecule has 168 valence electrons. The first-order valence-electron chi connectivity index (χ1n) is 11.8. The standard InChI is InChI=1S/C25H34N2O4/c1-15(2)9-23(30)26-20-12-25(31)22-10-17-5-6-18(28)11-19(17)24(25,13-21(20)29)7-8-27(22)14-16-3-4-16/h5-6,11,15-16,20,22,28,31H,3-4,7-10,12-14H2,1-2H3,(H,26,30)/t20-,22+,24?,25+/m0/s1. The molecule has 1 amide bonds. The Kier molecular flexibility index (Phi) is 4.94. The van der Waals surface area contributed by atoms with E-state index in [2.05, 4.69) is 10.2 Å². The number of nitrogens with one attached hydrogen (secondary N) is 1. The Labute approximate surface area is 184 Å². The zero-order valence-electron chi connectivity index (χ0n) is 18.6. The third-order valence-electron chi connectivity index (χ3n) is 8.17. The third-order valence-corrected chi connectivity index (χ3v) is 8.17. The molecular weight excluding hydrogens is 392 g/mol. The van der Waals surface area contributed by atoms with Gasteiger partial charge in [-0.1, -0.05) is 19.9 Å². The van der Waals surface area contributed by atoms with Crippen molar-refractivity contribution in [3.63, 3.8) is 0 Å². The van der Waals surface area contributed by atoms with Crippen LogP contribution in [0.4, 0.5) is 0 Å². The maximum atomic E-state index is 13.3. The van der Waals surface area contributed by atoms with Crippen LogP contribution in [0.1, 0.15) is 63.5 Å². The van der Waals surface area contributed by atoms with Crippen LogP contribution in [0.15, 0.2) is 18.2 Å². The van der Waals surface area contributed by atoms with Crippen LogP contribution in [0.2, 0.25) is 0 Å². The van der Waals surface area contributed by atoms with Crippen molar-refractivity contribution < 1.29 is 19.8 Å². The SMILES string of the molecule is CC(C)CC(=O)N[C@H]1C[C@@]2(O)[C@H]3Cc4ccc(O)cc4C2(CCN3CC2CC2)CC1=O. The second kappa shape index (κ2) is 7.31. The molecule has 1 saturated heterocycles. The quantitative estimate of drug-likeness (QED) is 0.672. The summed E-state index contributed by atoms with van der Waals surface area (Å²) >= 11 is 0. The number of hydrogen-bond acceptors (Lipinski definition) is 5. The van der Waals surface area contributed by atoms with Crippen LogP contribution in [0, 0.1) is 11.8 Å². The molecule has 6 heteroatoms. The second-order valence-electron chi connectivity index (χ2n) is 10.8. The zero-order chi connectivity index (χ0) is 22.0. The topological polar surface area (TPSA) is 89.9 Å². The lowest BCUT2D eigenvalue weighted by Crippen LogP contribution is -2.76. The largest absolute Gasteiger partial charge is 0.508 e. The van der Waals surface area contributed by atoms with Crippen molar-refractivity contribution in [2.45, 2.75) is 81.9 Å². The molecule has 1 unspecified atom stereocenters. The maximum absolute atomic E-state index is 13.3. The fourth-order valence-electron chi connectivity index (χ4n) is 6.51. The van der Waals surface area contributed by atoms with Crippen molar-refractivity contribution in [2.24, 2.45) is 11.8 Å². The van der Waals surface area contributed by atoms with E-state index in [4.69, 9.17) is 0 Å². The normalized spacial score (nSPS) is 34.9. The number of fused-ring (bicyclic) bond motifs is 1. The fourth-order valence-corrected chi connectivity index (χ4v) is 6.51. The summed E-state index contributed by atoms with van der Waals surface area (Å²) in [5.74, 6) is 0.971. The molecule has 4 aliphatic rings. The lowest BCUT2D eigenvalue weighted by Gasteiger charge is -2.64. The van der Waals surface area contributed by atoms with Crippen LogP contribution in [0.3, 0.4) is 0 Å². The van der Waals surface area contributed by atoms with E-state index in [1.165, 1.54) is 12.8 Å². The molecule has 31 heavy (non-hydrogen) atoms. The summed E-state index contributed by atoms with van der Waals surface area (Å²) in [5.41, 5.74) is 0.256. The van der Waals surface area contributed by atoms with Gasteiger partial charge in [0.25, 0.3) is 0 Å². The first kappa shape index (κ1) is 21.0. The summed E-state index contributed by atoms with van der Waals surface area (Å²) in [4.78, 5) is 28.2. The predicted molar refractivity (Wildman–Crippen MR) is 117 cm³/mol. The van der Waals surface area contributed by atoms with Crippen LogP contribution >= 0.6 is 0 Å². The van der Waals surface area contributed by atoms with Crippen LogP contribution < -0.4 is 5.32 Å². The average Bonchev–Trinajstić information content (AvgIpc) is 3.49. The fraction of sp³-hybridized carbons (Fsp3) is 0.680. The molecular formula is C25H34N2O4. The van der Waals surface area contributed by atoms with Crippen molar-refractivity contribution in [3.8, 4) is 5.75 Å². The molecule has 1 aromatic carbocycles. The van der Waals surface area contributed by atoms with E-state index in [9.17, 15) is 19.8 Å². The number of ketones is 1. The van der Waals surface area contributed by atoms with E-state index in [0.29, 0.717) is 25.2 Å². The number of aliphatic hydroxyl groups is 1. The summed E-state index contributed by atoms with van der Waals surface area (Å²) in [7, 11) is 0. The minimum atomic E-state index is -1.11. The summed E-state index contributed by atoms with van der Waals surface area (Å²) in [5, 5.41) is 25.5. The highest BCUT2D eigenvalue weighted by Crippen LogP contribution is 2.58. The van der Waals surface area contributed by atoms with Gasteiger partial charge in [-0.3, -0.25) is 14.5 Å². The Morgan fingerprint density at radius 3 is 2.81 bits per heavy atom. The molecule has 5 rings (SSSR count). The van der Waals surface area contributed by atoms with E-state index >= 15 is 0 Å². The number of likely N-dealkylation sites (tertiary alicyclic amines) is 1. The number of hydrogen-bond donors (Lipinski definition) is 3. The highest BCUT2D eigenvalue weighted by atomic mass is 16.3. The molecule has 1 aromatic rings. The van der Waals surface area contributed by atoms with Gasteiger partial charge in [-0.2, -0.15) is 0 Å².